The Morgan fingerprint density at radius 2 is 2.21 bits per heavy atom. The zero-order valence-corrected chi connectivity index (χ0v) is 12.2. The molecule has 2 aromatic rings. The summed E-state index contributed by atoms with van der Waals surface area (Å²) < 4.78 is 2.06. The lowest BCUT2D eigenvalue weighted by molar-refractivity contribution is 0.752. The van der Waals surface area contributed by atoms with E-state index in [0.29, 0.717) is 5.02 Å². The monoisotopic (exact) mass is 291 g/mol. The van der Waals surface area contributed by atoms with E-state index in [9.17, 15) is 0 Å². The van der Waals surface area contributed by atoms with Crippen LogP contribution in [0.3, 0.4) is 0 Å². The van der Waals surface area contributed by atoms with Crippen LogP contribution in [-0.4, -0.2) is 10.8 Å². The predicted molar refractivity (Wildman–Crippen MR) is 81.9 cm³/mol. The number of hydrogen-bond acceptors (Lipinski definition) is 3. The molecule has 19 heavy (non-hydrogen) atoms. The van der Waals surface area contributed by atoms with Crippen LogP contribution < -0.4 is 4.80 Å². The minimum absolute atomic E-state index is 0.669. The van der Waals surface area contributed by atoms with Crippen LogP contribution in [-0.2, 0) is 6.54 Å². The van der Waals surface area contributed by atoms with Crippen LogP contribution in [0.2, 0.25) is 5.02 Å². The van der Waals surface area contributed by atoms with Gasteiger partial charge in [0, 0.05) is 28.2 Å². The van der Waals surface area contributed by atoms with Crippen LogP contribution in [0.25, 0.3) is 0 Å². The largest absolute Gasteiger partial charge is 0.316 e. The van der Waals surface area contributed by atoms with E-state index in [4.69, 9.17) is 11.6 Å². The van der Waals surface area contributed by atoms with Gasteiger partial charge in [0.25, 0.3) is 0 Å². The Morgan fingerprint density at radius 1 is 1.42 bits per heavy atom. The molecule has 0 fully saturated rings. The molecule has 0 amide bonds. The molecule has 0 unspecified atom stereocenters. The highest BCUT2D eigenvalue weighted by Gasteiger charge is 1.98. The molecule has 0 aliphatic carbocycles. The summed E-state index contributed by atoms with van der Waals surface area (Å²) in [4.78, 5) is 0.848. The summed E-state index contributed by atoms with van der Waals surface area (Å²) in [6.07, 6.45) is 3.51. The lowest BCUT2D eigenvalue weighted by Crippen LogP contribution is -2.14. The topological polar surface area (TPSA) is 29.6 Å². The second-order valence-electron chi connectivity index (χ2n) is 3.93. The van der Waals surface area contributed by atoms with Gasteiger partial charge in [-0.3, -0.25) is 0 Å². The average Bonchev–Trinajstić information content (AvgIpc) is 2.74. The van der Waals surface area contributed by atoms with Gasteiger partial charge in [-0.15, -0.1) is 23.0 Å². The second kappa shape index (κ2) is 6.50. The number of thiazole rings is 1. The van der Waals surface area contributed by atoms with Crippen molar-refractivity contribution < 1.29 is 0 Å². The van der Waals surface area contributed by atoms with Crippen molar-refractivity contribution in [2.24, 2.45) is 10.2 Å². The maximum atomic E-state index is 6.04. The number of aromatic nitrogens is 1. The third kappa shape index (κ3) is 3.43. The molecule has 1 aromatic carbocycles. The zero-order chi connectivity index (χ0) is 13.7. The van der Waals surface area contributed by atoms with Gasteiger partial charge in [-0.1, -0.05) is 35.9 Å². The molecule has 98 valence electrons. The van der Waals surface area contributed by atoms with E-state index in [-0.39, 0.29) is 0 Å². The number of allylic oxidation sites excluding steroid dienone is 1. The lowest BCUT2D eigenvalue weighted by Gasteiger charge is -1.99. The predicted octanol–water partition coefficient (Wildman–Crippen LogP) is 3.63. The number of nitrogens with zero attached hydrogens (tertiary/aromatic N) is 3. The Morgan fingerprint density at radius 3 is 2.95 bits per heavy atom. The molecule has 0 bridgehead atoms. The third-order valence-electron chi connectivity index (χ3n) is 2.55. The molecule has 0 radical (unpaired) electrons. The van der Waals surface area contributed by atoms with Crippen molar-refractivity contribution in [3.63, 3.8) is 0 Å². The van der Waals surface area contributed by atoms with Crippen molar-refractivity contribution in [2.75, 3.05) is 0 Å². The van der Waals surface area contributed by atoms with Crippen LogP contribution in [0.15, 0.2) is 52.5 Å². The lowest BCUT2D eigenvalue weighted by atomic mass is 10.2. The number of rotatable bonds is 4. The Bertz CT molecular complexity index is 667. The van der Waals surface area contributed by atoms with Gasteiger partial charge >= 0.3 is 0 Å². The molecule has 3 nitrogen and oxygen atoms in total. The van der Waals surface area contributed by atoms with Crippen LogP contribution in [0, 0.1) is 6.92 Å². The van der Waals surface area contributed by atoms with Crippen molar-refractivity contribution in [1.29, 1.82) is 0 Å². The summed E-state index contributed by atoms with van der Waals surface area (Å²) in [5.41, 5.74) is 2.01. The maximum absolute atomic E-state index is 6.04. The fraction of sp³-hybridized carbons (Fsp3) is 0.143. The van der Waals surface area contributed by atoms with Crippen molar-refractivity contribution >= 4 is 29.2 Å². The first-order chi connectivity index (χ1) is 9.22. The van der Waals surface area contributed by atoms with Crippen LogP contribution >= 0.6 is 22.9 Å². The molecule has 0 aliphatic heterocycles. The van der Waals surface area contributed by atoms with Gasteiger partial charge in [0.05, 0.1) is 6.21 Å². The highest BCUT2D eigenvalue weighted by atomic mass is 35.5. The minimum Gasteiger partial charge on any atom is -0.316 e. The van der Waals surface area contributed by atoms with Crippen molar-refractivity contribution in [1.82, 2.24) is 4.57 Å². The molecule has 0 N–H and O–H groups in total. The van der Waals surface area contributed by atoms with E-state index in [2.05, 4.69) is 21.3 Å². The summed E-state index contributed by atoms with van der Waals surface area (Å²) in [5, 5.41) is 11.0. The minimum atomic E-state index is 0.669. The van der Waals surface area contributed by atoms with E-state index in [0.717, 1.165) is 22.6 Å². The number of benzene rings is 1. The van der Waals surface area contributed by atoms with Gasteiger partial charge in [0.2, 0.25) is 4.80 Å². The highest BCUT2D eigenvalue weighted by Crippen LogP contribution is 2.12. The van der Waals surface area contributed by atoms with E-state index >= 15 is 0 Å². The van der Waals surface area contributed by atoms with Gasteiger partial charge in [-0.25, -0.2) is 0 Å². The highest BCUT2D eigenvalue weighted by molar-refractivity contribution is 7.07. The van der Waals surface area contributed by atoms with E-state index in [1.54, 1.807) is 17.6 Å². The molecule has 5 heteroatoms. The molecular formula is C14H14ClN3S. The molecule has 0 spiro atoms. The summed E-state index contributed by atoms with van der Waals surface area (Å²) in [6.45, 7) is 6.51. The summed E-state index contributed by atoms with van der Waals surface area (Å²) in [6, 6.07) is 7.53. The Hall–Kier alpha value is -1.65. The first-order valence-corrected chi connectivity index (χ1v) is 7.05. The van der Waals surface area contributed by atoms with E-state index in [1.807, 2.05) is 42.6 Å². The van der Waals surface area contributed by atoms with Gasteiger partial charge in [0.15, 0.2) is 0 Å². The number of halogens is 1. The molecule has 1 heterocycles. The zero-order valence-electron chi connectivity index (χ0n) is 10.6. The van der Waals surface area contributed by atoms with Gasteiger partial charge < -0.3 is 4.57 Å². The fourth-order valence-corrected chi connectivity index (χ4v) is 2.59. The first-order valence-electron chi connectivity index (χ1n) is 5.80. The Balaban J connectivity index is 2.28. The molecule has 0 aliphatic rings. The molecule has 0 atom stereocenters. The van der Waals surface area contributed by atoms with Gasteiger partial charge in [0.1, 0.15) is 0 Å². The Labute approximate surface area is 121 Å². The molecule has 1 aromatic heterocycles. The van der Waals surface area contributed by atoms with Gasteiger partial charge in [-0.05, 0) is 13.0 Å². The SMILES string of the molecule is C=CCn1c(C)cs/c1=N\N=C\c1ccccc1Cl. The standard InChI is InChI=1S/C14H14ClN3S/c1-3-8-18-11(2)10-19-14(18)17-16-9-12-6-4-5-7-13(12)15/h3-7,9-10H,1,8H2,2H3/b16-9+,17-14-. The first kappa shape index (κ1) is 13.8. The van der Waals surface area contributed by atoms with Crippen molar-refractivity contribution in [3.8, 4) is 0 Å². The quantitative estimate of drug-likeness (QED) is 0.468. The Kier molecular flexibility index (Phi) is 4.71. The number of aryl methyl sites for hydroxylation is 1. The molecule has 0 saturated carbocycles. The average molecular weight is 292 g/mol. The molecular weight excluding hydrogens is 278 g/mol. The summed E-state index contributed by atoms with van der Waals surface area (Å²) in [7, 11) is 0. The molecule has 2 rings (SSSR count). The van der Waals surface area contributed by atoms with E-state index < -0.39 is 0 Å². The fourth-order valence-electron chi connectivity index (χ4n) is 1.57. The summed E-state index contributed by atoms with van der Waals surface area (Å²) in [5.74, 6) is 0. The molecule has 0 saturated heterocycles. The van der Waals surface area contributed by atoms with Crippen molar-refractivity contribution in [2.45, 2.75) is 13.5 Å². The van der Waals surface area contributed by atoms with Gasteiger partial charge in [-0.2, -0.15) is 5.10 Å². The number of hydrogen-bond donors (Lipinski definition) is 0. The van der Waals surface area contributed by atoms with Crippen LogP contribution in [0.4, 0.5) is 0 Å². The van der Waals surface area contributed by atoms with E-state index in [1.165, 1.54) is 0 Å². The van der Waals surface area contributed by atoms with Crippen molar-refractivity contribution in [3.05, 3.63) is 63.4 Å². The summed E-state index contributed by atoms with van der Waals surface area (Å²) >= 11 is 7.60. The maximum Gasteiger partial charge on any atom is 0.211 e. The van der Waals surface area contributed by atoms with Crippen LogP contribution in [0.5, 0.6) is 0 Å². The third-order valence-corrected chi connectivity index (χ3v) is 3.86. The normalized spacial score (nSPS) is 12.2. The van der Waals surface area contributed by atoms with Crippen LogP contribution in [0.1, 0.15) is 11.3 Å². The second-order valence-corrected chi connectivity index (χ2v) is 5.17. The smallest absolute Gasteiger partial charge is 0.211 e.